The molecule has 1 aromatic rings. The maximum atomic E-state index is 13.2. The Morgan fingerprint density at radius 3 is 2.56 bits per heavy atom. The topological polar surface area (TPSA) is 63.3 Å². The Morgan fingerprint density at radius 2 is 2.06 bits per heavy atom. The fourth-order valence-electron chi connectivity index (χ4n) is 1.88. The van der Waals surface area contributed by atoms with Gasteiger partial charge in [-0.25, -0.2) is 8.78 Å². The summed E-state index contributed by atoms with van der Waals surface area (Å²) in [5.41, 5.74) is 5.24. The molecule has 0 spiro atoms. The van der Waals surface area contributed by atoms with Gasteiger partial charge in [-0.05, 0) is 30.4 Å². The van der Waals surface area contributed by atoms with Gasteiger partial charge in [0.15, 0.2) is 0 Å². The Labute approximate surface area is 90.9 Å². The molecule has 2 rings (SSSR count). The van der Waals surface area contributed by atoms with Gasteiger partial charge in [0.2, 0.25) is 0 Å². The van der Waals surface area contributed by atoms with Gasteiger partial charge in [-0.2, -0.15) is 0 Å². The Hall–Kier alpha value is -1.65. The lowest BCUT2D eigenvalue weighted by Crippen LogP contribution is -2.16. The molecule has 0 saturated heterocycles. The van der Waals surface area contributed by atoms with Gasteiger partial charge in [0.1, 0.15) is 11.6 Å². The maximum Gasteiger partial charge on any atom is 0.311 e. The molecule has 86 valence electrons. The number of hydrogen-bond acceptors (Lipinski definition) is 2. The molecule has 1 fully saturated rings. The molecule has 3 N–H and O–H groups in total. The van der Waals surface area contributed by atoms with Crippen molar-refractivity contribution >= 4 is 11.7 Å². The summed E-state index contributed by atoms with van der Waals surface area (Å²) in [4.78, 5) is 11.1. The fourth-order valence-corrected chi connectivity index (χ4v) is 1.88. The van der Waals surface area contributed by atoms with Crippen molar-refractivity contribution in [2.45, 2.75) is 18.8 Å². The minimum atomic E-state index is -1.08. The second-order valence-electron chi connectivity index (χ2n) is 4.04. The normalized spacial score (nSPS) is 17.1. The first-order valence-corrected chi connectivity index (χ1v) is 4.98. The lowest BCUT2D eigenvalue weighted by Gasteiger charge is -2.14. The molecule has 0 bridgehead atoms. The second-order valence-corrected chi connectivity index (χ2v) is 4.04. The van der Waals surface area contributed by atoms with E-state index in [-0.39, 0.29) is 17.2 Å². The summed E-state index contributed by atoms with van der Waals surface area (Å²) in [5.74, 6) is -3.74. The molecule has 1 saturated carbocycles. The first-order chi connectivity index (χ1) is 7.50. The SMILES string of the molecule is Nc1c(F)cc(F)cc1C(C(=O)O)C1CC1. The van der Waals surface area contributed by atoms with Crippen LogP contribution in [-0.2, 0) is 4.79 Å². The van der Waals surface area contributed by atoms with E-state index in [4.69, 9.17) is 10.8 Å². The van der Waals surface area contributed by atoms with Crippen molar-refractivity contribution < 1.29 is 18.7 Å². The molecule has 3 nitrogen and oxygen atoms in total. The van der Waals surface area contributed by atoms with Gasteiger partial charge >= 0.3 is 5.97 Å². The number of rotatable bonds is 3. The van der Waals surface area contributed by atoms with E-state index in [1.54, 1.807) is 0 Å². The average Bonchev–Trinajstić information content (AvgIpc) is 2.97. The van der Waals surface area contributed by atoms with Crippen molar-refractivity contribution in [1.29, 1.82) is 0 Å². The highest BCUT2D eigenvalue weighted by Gasteiger charge is 2.39. The van der Waals surface area contributed by atoms with Crippen molar-refractivity contribution in [2.75, 3.05) is 5.73 Å². The number of carboxylic acid groups (broad SMARTS) is 1. The number of halogens is 2. The first-order valence-electron chi connectivity index (χ1n) is 4.98. The van der Waals surface area contributed by atoms with Crippen LogP contribution in [0.1, 0.15) is 24.3 Å². The van der Waals surface area contributed by atoms with Crippen molar-refractivity contribution in [3.05, 3.63) is 29.3 Å². The van der Waals surface area contributed by atoms with Gasteiger partial charge in [-0.1, -0.05) is 0 Å². The molecule has 1 aliphatic rings. The number of benzene rings is 1. The van der Waals surface area contributed by atoms with Crippen LogP contribution in [0.5, 0.6) is 0 Å². The van der Waals surface area contributed by atoms with Crippen LogP contribution in [0.2, 0.25) is 0 Å². The molecule has 1 aliphatic carbocycles. The van der Waals surface area contributed by atoms with Gasteiger partial charge in [0.05, 0.1) is 11.6 Å². The van der Waals surface area contributed by atoms with Crippen LogP contribution in [0.15, 0.2) is 12.1 Å². The lowest BCUT2D eigenvalue weighted by molar-refractivity contribution is -0.139. The lowest BCUT2D eigenvalue weighted by atomic mass is 9.92. The van der Waals surface area contributed by atoms with Crippen LogP contribution in [0.3, 0.4) is 0 Å². The number of nitrogens with two attached hydrogens (primary N) is 1. The van der Waals surface area contributed by atoms with Crippen LogP contribution < -0.4 is 5.73 Å². The standard InChI is InChI=1S/C11H11F2NO2/c12-6-3-7(10(14)8(13)4-6)9(11(15)16)5-1-2-5/h3-5,9H,1-2,14H2,(H,15,16). The van der Waals surface area contributed by atoms with Crippen LogP contribution >= 0.6 is 0 Å². The third-order valence-electron chi connectivity index (χ3n) is 2.82. The van der Waals surface area contributed by atoms with Gasteiger partial charge in [0.25, 0.3) is 0 Å². The van der Waals surface area contributed by atoms with Gasteiger partial charge in [-0.15, -0.1) is 0 Å². The molecular weight excluding hydrogens is 216 g/mol. The summed E-state index contributed by atoms with van der Waals surface area (Å²) in [6.07, 6.45) is 1.52. The summed E-state index contributed by atoms with van der Waals surface area (Å²) in [6, 6.07) is 1.67. The van der Waals surface area contributed by atoms with Crippen molar-refractivity contribution in [3.63, 3.8) is 0 Å². The van der Waals surface area contributed by atoms with E-state index in [0.717, 1.165) is 18.9 Å². The zero-order valence-corrected chi connectivity index (χ0v) is 8.41. The average molecular weight is 227 g/mol. The van der Waals surface area contributed by atoms with Crippen LogP contribution in [0.4, 0.5) is 14.5 Å². The van der Waals surface area contributed by atoms with Crippen LogP contribution in [0.25, 0.3) is 0 Å². The van der Waals surface area contributed by atoms with Crippen LogP contribution in [-0.4, -0.2) is 11.1 Å². The van der Waals surface area contributed by atoms with E-state index in [0.29, 0.717) is 6.07 Å². The highest BCUT2D eigenvalue weighted by Crippen LogP contribution is 2.44. The number of anilines is 1. The van der Waals surface area contributed by atoms with E-state index >= 15 is 0 Å². The van der Waals surface area contributed by atoms with Gasteiger partial charge in [-0.3, -0.25) is 4.79 Å². The monoisotopic (exact) mass is 227 g/mol. The molecule has 1 unspecified atom stereocenters. The van der Waals surface area contributed by atoms with Crippen LogP contribution in [0, 0.1) is 17.6 Å². The summed E-state index contributed by atoms with van der Waals surface area (Å²) in [6.45, 7) is 0. The number of carboxylic acids is 1. The molecule has 0 heterocycles. The molecule has 5 heteroatoms. The zero-order chi connectivity index (χ0) is 11.9. The number of hydrogen-bond donors (Lipinski definition) is 2. The summed E-state index contributed by atoms with van der Waals surface area (Å²) < 4.78 is 26.2. The zero-order valence-electron chi connectivity index (χ0n) is 8.41. The Balaban J connectivity index is 2.48. The van der Waals surface area contributed by atoms with E-state index in [2.05, 4.69) is 0 Å². The van der Waals surface area contributed by atoms with Gasteiger partial charge in [0, 0.05) is 6.07 Å². The second kappa shape index (κ2) is 3.73. The first kappa shape index (κ1) is 10.9. The number of carbonyl (C=O) groups is 1. The molecular formula is C11H11F2NO2. The molecule has 0 aliphatic heterocycles. The third kappa shape index (κ3) is 1.85. The predicted octanol–water partition coefficient (Wildman–Crippen LogP) is 2.13. The van der Waals surface area contributed by atoms with Crippen molar-refractivity contribution in [2.24, 2.45) is 5.92 Å². The summed E-state index contributed by atoms with van der Waals surface area (Å²) in [7, 11) is 0. The van der Waals surface area contributed by atoms with E-state index < -0.39 is 23.5 Å². The highest BCUT2D eigenvalue weighted by molar-refractivity contribution is 5.79. The Bertz CT molecular complexity index is 444. The largest absolute Gasteiger partial charge is 0.481 e. The fraction of sp³-hybridized carbons (Fsp3) is 0.364. The molecule has 0 radical (unpaired) electrons. The molecule has 16 heavy (non-hydrogen) atoms. The van der Waals surface area contributed by atoms with Crippen molar-refractivity contribution in [3.8, 4) is 0 Å². The highest BCUT2D eigenvalue weighted by atomic mass is 19.1. The summed E-state index contributed by atoms with van der Waals surface area (Å²) in [5, 5.41) is 9.04. The minimum absolute atomic E-state index is 0.0486. The third-order valence-corrected chi connectivity index (χ3v) is 2.82. The summed E-state index contributed by atoms with van der Waals surface area (Å²) >= 11 is 0. The number of aliphatic carboxylic acids is 1. The minimum Gasteiger partial charge on any atom is -0.481 e. The Kier molecular flexibility index (Phi) is 2.53. The number of nitrogen functional groups attached to an aromatic ring is 1. The molecule has 1 aromatic carbocycles. The molecule has 0 amide bonds. The molecule has 1 atom stereocenters. The van der Waals surface area contributed by atoms with E-state index in [1.165, 1.54) is 0 Å². The smallest absolute Gasteiger partial charge is 0.311 e. The quantitative estimate of drug-likeness (QED) is 0.777. The molecule has 0 aromatic heterocycles. The van der Waals surface area contributed by atoms with E-state index in [1.807, 2.05) is 0 Å². The van der Waals surface area contributed by atoms with Gasteiger partial charge < -0.3 is 10.8 Å². The Morgan fingerprint density at radius 1 is 1.44 bits per heavy atom. The van der Waals surface area contributed by atoms with E-state index in [9.17, 15) is 13.6 Å². The predicted molar refractivity (Wildman–Crippen MR) is 53.9 cm³/mol. The van der Waals surface area contributed by atoms with Crippen molar-refractivity contribution in [1.82, 2.24) is 0 Å². The maximum absolute atomic E-state index is 13.2.